The number of hydrogen-bond acceptors (Lipinski definition) is 9. The summed E-state index contributed by atoms with van der Waals surface area (Å²) < 4.78 is 24.8. The molecule has 0 radical (unpaired) electrons. The Balaban J connectivity index is 1.23. The highest BCUT2D eigenvalue weighted by molar-refractivity contribution is 7.99. The van der Waals surface area contributed by atoms with Gasteiger partial charge in [0, 0.05) is 41.6 Å². The lowest BCUT2D eigenvalue weighted by Gasteiger charge is -2.25. The van der Waals surface area contributed by atoms with Crippen LogP contribution in [0.1, 0.15) is 5.69 Å². The molecule has 1 aliphatic heterocycles. The minimum absolute atomic E-state index is 0.0989. The van der Waals surface area contributed by atoms with Crippen molar-refractivity contribution in [2.24, 2.45) is 0 Å². The topological polar surface area (TPSA) is 137 Å². The third kappa shape index (κ3) is 5.81. The Labute approximate surface area is 206 Å². The molecule has 1 amide bonds. The minimum atomic E-state index is -2.96. The number of carbonyl (C=O) groups excluding carboxylic acids is 1. The van der Waals surface area contributed by atoms with Crippen molar-refractivity contribution >= 4 is 50.3 Å². The molecule has 35 heavy (non-hydrogen) atoms. The van der Waals surface area contributed by atoms with Crippen molar-refractivity contribution in [3.05, 3.63) is 54.4 Å². The molecule has 0 atom stereocenters. The third-order valence-electron chi connectivity index (χ3n) is 5.48. The molecule has 0 bridgehead atoms. The highest BCUT2D eigenvalue weighted by atomic mass is 32.2. The van der Waals surface area contributed by atoms with Crippen molar-refractivity contribution in [3.8, 4) is 0 Å². The molecule has 1 aromatic carbocycles. The molecule has 1 aliphatic rings. The number of nitrogens with zero attached hydrogens (tertiary/aromatic N) is 5. The fourth-order valence-electron chi connectivity index (χ4n) is 3.68. The van der Waals surface area contributed by atoms with Crippen LogP contribution < -0.4 is 10.6 Å². The van der Waals surface area contributed by atoms with Crippen molar-refractivity contribution < 1.29 is 13.2 Å². The molecule has 182 valence electrons. The quantitative estimate of drug-likeness (QED) is 0.341. The number of hydrogen-bond donors (Lipinski definition) is 3. The van der Waals surface area contributed by atoms with Crippen LogP contribution in [-0.4, -0.2) is 75.2 Å². The van der Waals surface area contributed by atoms with Crippen LogP contribution >= 0.6 is 11.8 Å². The Bertz CT molecular complexity index is 1450. The minimum Gasteiger partial charge on any atom is -0.325 e. The summed E-state index contributed by atoms with van der Waals surface area (Å²) in [6.07, 6.45) is 1.86. The number of fused-ring (bicyclic) bond motifs is 1. The first-order valence-corrected chi connectivity index (χ1v) is 13.6. The zero-order valence-electron chi connectivity index (χ0n) is 18.9. The molecule has 11 nitrogen and oxygen atoms in total. The van der Waals surface area contributed by atoms with Gasteiger partial charge in [0.1, 0.15) is 5.52 Å². The first kappa shape index (κ1) is 23.3. The Morgan fingerprint density at radius 1 is 1.17 bits per heavy atom. The SMILES string of the molecule is Cc1cc(Nc2nc(Sc3ccc(NC(=O)CN4CCS(=O)(=O)CC4)cc3)nn3cccc23)n[nH]1. The number of carbonyl (C=O) groups is 1. The molecule has 0 spiro atoms. The molecule has 3 N–H and O–H groups in total. The molecule has 1 saturated heterocycles. The molecule has 3 aromatic heterocycles. The van der Waals surface area contributed by atoms with Gasteiger partial charge < -0.3 is 10.6 Å². The number of nitrogens with one attached hydrogen (secondary N) is 3. The van der Waals surface area contributed by atoms with E-state index in [1.165, 1.54) is 11.8 Å². The van der Waals surface area contributed by atoms with Crippen LogP contribution in [0.2, 0.25) is 0 Å². The number of aryl methyl sites for hydroxylation is 1. The van der Waals surface area contributed by atoms with Gasteiger partial charge >= 0.3 is 0 Å². The Kier molecular flexibility index (Phi) is 6.45. The van der Waals surface area contributed by atoms with Crippen molar-refractivity contribution in [3.63, 3.8) is 0 Å². The summed E-state index contributed by atoms with van der Waals surface area (Å²) in [4.78, 5) is 19.8. The molecule has 4 aromatic rings. The Hall–Kier alpha value is -3.42. The van der Waals surface area contributed by atoms with Crippen molar-refractivity contribution in [1.82, 2.24) is 29.7 Å². The lowest BCUT2D eigenvalue weighted by atomic mass is 10.3. The number of anilines is 3. The monoisotopic (exact) mass is 512 g/mol. The molecule has 13 heteroatoms. The van der Waals surface area contributed by atoms with Crippen LogP contribution in [0.4, 0.5) is 17.3 Å². The Morgan fingerprint density at radius 3 is 2.66 bits per heavy atom. The molecule has 0 aliphatic carbocycles. The average molecular weight is 513 g/mol. The number of aromatic nitrogens is 5. The van der Waals surface area contributed by atoms with Gasteiger partial charge in [-0.1, -0.05) is 0 Å². The lowest BCUT2D eigenvalue weighted by Crippen LogP contribution is -2.43. The third-order valence-corrected chi connectivity index (χ3v) is 7.95. The standard InChI is InChI=1S/C22H24N8O3S2/c1-15-13-19(27-26-15)24-21-18-3-2-8-30(18)28-22(25-21)34-17-6-4-16(5-7-17)23-20(31)14-29-9-11-35(32,33)12-10-29/h2-8,13H,9-12,14H2,1H3,(H,23,31)(H2,24,25,26,27,28). The lowest BCUT2D eigenvalue weighted by molar-refractivity contribution is -0.117. The molecular formula is C22H24N8O3S2. The van der Waals surface area contributed by atoms with Crippen LogP contribution in [-0.2, 0) is 14.6 Å². The van der Waals surface area contributed by atoms with Crippen LogP contribution in [0.25, 0.3) is 5.52 Å². The van der Waals surface area contributed by atoms with Gasteiger partial charge in [-0.05, 0) is 55.1 Å². The van der Waals surface area contributed by atoms with E-state index in [9.17, 15) is 13.2 Å². The number of sulfone groups is 1. The molecule has 0 unspecified atom stereocenters. The summed E-state index contributed by atoms with van der Waals surface area (Å²) in [5.41, 5.74) is 2.44. The van der Waals surface area contributed by atoms with Crippen LogP contribution in [0, 0.1) is 6.92 Å². The van der Waals surface area contributed by atoms with Gasteiger partial charge in [-0.15, -0.1) is 5.10 Å². The summed E-state index contributed by atoms with van der Waals surface area (Å²) in [5, 5.41) is 18.3. The zero-order valence-corrected chi connectivity index (χ0v) is 20.6. The van der Waals surface area contributed by atoms with E-state index in [1.54, 1.807) is 4.52 Å². The van der Waals surface area contributed by atoms with E-state index >= 15 is 0 Å². The normalized spacial score (nSPS) is 15.8. The van der Waals surface area contributed by atoms with Crippen LogP contribution in [0.15, 0.2) is 58.7 Å². The van der Waals surface area contributed by atoms with Crippen molar-refractivity contribution in [2.75, 3.05) is 41.8 Å². The largest absolute Gasteiger partial charge is 0.325 e. The van der Waals surface area contributed by atoms with E-state index in [-0.39, 0.29) is 24.0 Å². The van der Waals surface area contributed by atoms with Crippen LogP contribution in [0.3, 0.4) is 0 Å². The molecule has 0 saturated carbocycles. The number of aromatic amines is 1. The first-order valence-electron chi connectivity index (χ1n) is 11.0. The summed E-state index contributed by atoms with van der Waals surface area (Å²) in [7, 11) is -2.96. The van der Waals surface area contributed by atoms with Crippen molar-refractivity contribution in [1.29, 1.82) is 0 Å². The smallest absolute Gasteiger partial charge is 0.238 e. The molecule has 5 rings (SSSR count). The first-order chi connectivity index (χ1) is 16.8. The second kappa shape index (κ2) is 9.68. The summed E-state index contributed by atoms with van der Waals surface area (Å²) >= 11 is 1.40. The average Bonchev–Trinajstić information content (AvgIpc) is 3.45. The Morgan fingerprint density at radius 2 is 1.94 bits per heavy atom. The number of H-pyrrole nitrogens is 1. The summed E-state index contributed by atoms with van der Waals surface area (Å²) in [6, 6.07) is 13.1. The van der Waals surface area contributed by atoms with Crippen LogP contribution in [0.5, 0.6) is 0 Å². The zero-order chi connectivity index (χ0) is 24.4. The van der Waals surface area contributed by atoms with Gasteiger partial charge in [-0.25, -0.2) is 17.9 Å². The van der Waals surface area contributed by atoms with E-state index in [4.69, 9.17) is 0 Å². The van der Waals surface area contributed by atoms with E-state index < -0.39 is 9.84 Å². The number of rotatable bonds is 7. The predicted molar refractivity (Wildman–Crippen MR) is 134 cm³/mol. The van der Waals surface area contributed by atoms with Gasteiger partial charge in [-0.2, -0.15) is 5.10 Å². The highest BCUT2D eigenvalue weighted by Gasteiger charge is 2.23. The predicted octanol–water partition coefficient (Wildman–Crippen LogP) is 2.32. The highest BCUT2D eigenvalue weighted by Crippen LogP contribution is 2.28. The van der Waals surface area contributed by atoms with E-state index in [2.05, 4.69) is 30.9 Å². The van der Waals surface area contributed by atoms with Gasteiger partial charge in [0.25, 0.3) is 0 Å². The number of amides is 1. The van der Waals surface area contributed by atoms with Gasteiger partial charge in [-0.3, -0.25) is 14.8 Å². The maximum absolute atomic E-state index is 12.4. The van der Waals surface area contributed by atoms with E-state index in [1.807, 2.05) is 60.5 Å². The number of benzene rings is 1. The molecule has 1 fully saturated rings. The summed E-state index contributed by atoms with van der Waals surface area (Å²) in [5.74, 6) is 1.35. The second-order valence-electron chi connectivity index (χ2n) is 8.24. The second-order valence-corrected chi connectivity index (χ2v) is 11.6. The van der Waals surface area contributed by atoms with E-state index in [0.29, 0.717) is 35.6 Å². The maximum atomic E-state index is 12.4. The fourth-order valence-corrected chi connectivity index (χ4v) is 5.70. The van der Waals surface area contributed by atoms with Gasteiger partial charge in [0.15, 0.2) is 21.5 Å². The summed E-state index contributed by atoms with van der Waals surface area (Å²) in [6.45, 7) is 2.86. The maximum Gasteiger partial charge on any atom is 0.238 e. The van der Waals surface area contributed by atoms with E-state index in [0.717, 1.165) is 16.1 Å². The van der Waals surface area contributed by atoms with Gasteiger partial charge in [0.05, 0.1) is 18.1 Å². The molecular weight excluding hydrogens is 488 g/mol. The molecule has 4 heterocycles. The fraction of sp³-hybridized carbons (Fsp3) is 0.273. The van der Waals surface area contributed by atoms with Crippen molar-refractivity contribution in [2.45, 2.75) is 17.0 Å². The van der Waals surface area contributed by atoms with Gasteiger partial charge in [0.2, 0.25) is 11.1 Å².